The van der Waals surface area contributed by atoms with Gasteiger partial charge >= 0.3 is 5.97 Å². The summed E-state index contributed by atoms with van der Waals surface area (Å²) >= 11 is 0. The average molecular weight is 569 g/mol. The Kier molecular flexibility index (Phi) is 13.3. The lowest BCUT2D eigenvalue weighted by atomic mass is 9.70. The van der Waals surface area contributed by atoms with E-state index in [0.29, 0.717) is 23.3 Å². The molecule has 1 aromatic rings. The minimum atomic E-state index is -0.876. The summed E-state index contributed by atoms with van der Waals surface area (Å²) in [4.78, 5) is 44.4. The fraction of sp³-hybridized carbons (Fsp3) is 0.781. The van der Waals surface area contributed by atoms with Gasteiger partial charge in [-0.25, -0.2) is 14.6 Å². The molecular formula is C32H56O8. The van der Waals surface area contributed by atoms with Gasteiger partial charge < -0.3 is 0 Å². The molecule has 1 saturated carbocycles. The first-order chi connectivity index (χ1) is 18.1. The number of hydrogen-bond acceptors (Lipinski definition) is 8. The Hall–Kier alpha value is -1.55. The van der Waals surface area contributed by atoms with Crippen LogP contribution in [-0.4, -0.2) is 28.6 Å². The molecule has 0 heterocycles. The van der Waals surface area contributed by atoms with E-state index in [1.54, 1.807) is 45.0 Å². The summed E-state index contributed by atoms with van der Waals surface area (Å²) in [6, 6.07) is 8.54. The molecule has 0 aliphatic heterocycles. The van der Waals surface area contributed by atoms with Crippen LogP contribution < -0.4 is 0 Å². The number of rotatable bonds is 11. The molecule has 0 saturated heterocycles. The SMILES string of the molecule is CC(C)(C)OOOC(=O)c1ccccc1.CC1CC(C)(C)CC(OOC(C)(C)C(C)C)(OOC(C)(C)C(C)C)C1. The highest BCUT2D eigenvalue weighted by Gasteiger charge is 2.49. The minimum absolute atomic E-state index is 0.105. The van der Waals surface area contributed by atoms with Gasteiger partial charge in [0.05, 0.1) is 11.2 Å². The van der Waals surface area contributed by atoms with E-state index in [1.165, 1.54) is 0 Å². The van der Waals surface area contributed by atoms with Crippen LogP contribution in [0.25, 0.3) is 0 Å². The third-order valence-electron chi connectivity index (χ3n) is 7.31. The van der Waals surface area contributed by atoms with E-state index in [-0.39, 0.29) is 5.41 Å². The average Bonchev–Trinajstić information content (AvgIpc) is 2.80. The van der Waals surface area contributed by atoms with Crippen LogP contribution in [0.2, 0.25) is 0 Å². The van der Waals surface area contributed by atoms with Crippen LogP contribution in [-0.2, 0) is 34.4 Å². The summed E-state index contributed by atoms with van der Waals surface area (Å²) in [5.41, 5.74) is -0.788. The molecule has 232 valence electrons. The van der Waals surface area contributed by atoms with Crippen molar-refractivity contribution in [2.75, 3.05) is 0 Å². The van der Waals surface area contributed by atoms with Crippen LogP contribution in [0.5, 0.6) is 0 Å². The third kappa shape index (κ3) is 13.0. The smallest absolute Gasteiger partial charge is 0.263 e. The summed E-state index contributed by atoms with van der Waals surface area (Å²) < 4.78 is 0. The standard InChI is InChI=1S/C21H42O4.C11H14O4/c1-15(2)19(8,9)22-24-21(25-23-20(10,11)16(3)4)13-17(5)12-18(6,7)14-21;1-11(2,3)14-15-13-10(12)9-7-5-4-6-8-9/h15-17H,12-14H2,1-11H3;4-8H,1-3H3. The highest BCUT2D eigenvalue weighted by molar-refractivity contribution is 5.88. The predicted molar refractivity (Wildman–Crippen MR) is 155 cm³/mol. The number of carbonyl (C=O) groups excluding carboxylic acids is 1. The fourth-order valence-electron chi connectivity index (χ4n) is 3.89. The van der Waals surface area contributed by atoms with E-state index in [4.69, 9.17) is 24.4 Å². The number of carbonyl (C=O) groups is 1. The van der Waals surface area contributed by atoms with Gasteiger partial charge in [-0.05, 0) is 95.2 Å². The Balaban J connectivity index is 0.000000453. The molecule has 1 aromatic carbocycles. The molecule has 2 rings (SSSR count). The molecule has 0 spiro atoms. The fourth-order valence-corrected chi connectivity index (χ4v) is 3.89. The van der Waals surface area contributed by atoms with E-state index < -0.39 is 28.6 Å². The largest absolute Gasteiger partial charge is 0.376 e. The van der Waals surface area contributed by atoms with Gasteiger partial charge in [0, 0.05) is 12.8 Å². The Labute approximate surface area is 243 Å². The van der Waals surface area contributed by atoms with Gasteiger partial charge in [-0.1, -0.05) is 66.7 Å². The number of benzene rings is 1. The Bertz CT molecular complexity index is 860. The second-order valence-corrected chi connectivity index (χ2v) is 14.6. The van der Waals surface area contributed by atoms with Gasteiger partial charge in [-0.2, -0.15) is 14.7 Å². The molecule has 0 aromatic heterocycles. The number of hydrogen-bond donors (Lipinski definition) is 0. The van der Waals surface area contributed by atoms with Gasteiger partial charge in [-0.3, -0.25) is 4.89 Å². The summed E-state index contributed by atoms with van der Waals surface area (Å²) in [6.07, 6.45) is 2.65. The van der Waals surface area contributed by atoms with E-state index in [2.05, 4.69) is 58.4 Å². The van der Waals surface area contributed by atoms with Gasteiger partial charge in [0.25, 0.3) is 0 Å². The van der Waals surface area contributed by atoms with Gasteiger partial charge in [0.2, 0.25) is 5.79 Å². The van der Waals surface area contributed by atoms with Crippen molar-refractivity contribution in [3.8, 4) is 0 Å². The highest BCUT2D eigenvalue weighted by Crippen LogP contribution is 2.47. The topological polar surface area (TPSA) is 81.7 Å². The maximum atomic E-state index is 11.3. The molecule has 1 aliphatic carbocycles. The molecule has 40 heavy (non-hydrogen) atoms. The highest BCUT2D eigenvalue weighted by atomic mass is 17.5. The minimum Gasteiger partial charge on any atom is -0.263 e. The van der Waals surface area contributed by atoms with Crippen LogP contribution in [0.4, 0.5) is 0 Å². The Morgan fingerprint density at radius 3 is 1.68 bits per heavy atom. The van der Waals surface area contributed by atoms with Gasteiger partial charge in [-0.15, -0.1) is 0 Å². The zero-order valence-electron chi connectivity index (χ0n) is 27.5. The lowest BCUT2D eigenvalue weighted by Crippen LogP contribution is -2.50. The second-order valence-electron chi connectivity index (χ2n) is 14.6. The van der Waals surface area contributed by atoms with E-state index in [0.717, 1.165) is 19.3 Å². The van der Waals surface area contributed by atoms with Crippen LogP contribution in [0.3, 0.4) is 0 Å². The summed E-state index contributed by atoms with van der Waals surface area (Å²) in [7, 11) is 0. The van der Waals surface area contributed by atoms with Crippen molar-refractivity contribution >= 4 is 5.97 Å². The van der Waals surface area contributed by atoms with Gasteiger partial charge in [0.1, 0.15) is 11.2 Å². The molecule has 1 fully saturated rings. The first-order valence-corrected chi connectivity index (χ1v) is 14.5. The molecule has 0 radical (unpaired) electrons. The summed E-state index contributed by atoms with van der Waals surface area (Å²) in [5, 5.41) is 4.36. The van der Waals surface area contributed by atoms with Crippen LogP contribution in [0.15, 0.2) is 30.3 Å². The molecule has 1 aliphatic rings. The molecule has 0 N–H and O–H groups in total. The van der Waals surface area contributed by atoms with Gasteiger partial charge in [0.15, 0.2) is 0 Å². The van der Waals surface area contributed by atoms with Crippen molar-refractivity contribution in [3.63, 3.8) is 0 Å². The maximum absolute atomic E-state index is 11.3. The lowest BCUT2D eigenvalue weighted by Gasteiger charge is -2.47. The second kappa shape index (κ2) is 14.6. The first kappa shape index (κ1) is 36.5. The molecule has 0 bridgehead atoms. The Morgan fingerprint density at radius 2 is 1.27 bits per heavy atom. The van der Waals surface area contributed by atoms with Crippen molar-refractivity contribution in [2.24, 2.45) is 23.2 Å². The van der Waals surface area contributed by atoms with Crippen LogP contribution in [0.1, 0.15) is 127 Å². The molecule has 1 unspecified atom stereocenters. The molecule has 8 heteroatoms. The molecule has 8 nitrogen and oxygen atoms in total. The Morgan fingerprint density at radius 1 is 0.800 bits per heavy atom. The van der Waals surface area contributed by atoms with Crippen LogP contribution >= 0.6 is 0 Å². The maximum Gasteiger partial charge on any atom is 0.376 e. The summed E-state index contributed by atoms with van der Waals surface area (Å²) in [5.74, 6) is -0.335. The molecular weight excluding hydrogens is 512 g/mol. The predicted octanol–water partition coefficient (Wildman–Crippen LogP) is 8.80. The quantitative estimate of drug-likeness (QED) is 0.149. The zero-order valence-corrected chi connectivity index (χ0v) is 27.5. The van der Waals surface area contributed by atoms with E-state index >= 15 is 0 Å². The normalized spacial score (nSPS) is 19.2. The van der Waals surface area contributed by atoms with Crippen molar-refractivity contribution in [1.29, 1.82) is 0 Å². The first-order valence-electron chi connectivity index (χ1n) is 14.5. The van der Waals surface area contributed by atoms with Crippen molar-refractivity contribution in [2.45, 2.75) is 139 Å². The van der Waals surface area contributed by atoms with Crippen molar-refractivity contribution < 1.29 is 39.2 Å². The van der Waals surface area contributed by atoms with Crippen molar-refractivity contribution in [1.82, 2.24) is 0 Å². The lowest BCUT2D eigenvalue weighted by molar-refractivity contribution is -0.557. The third-order valence-corrected chi connectivity index (χ3v) is 7.31. The monoisotopic (exact) mass is 568 g/mol. The van der Waals surface area contributed by atoms with E-state index in [1.807, 2.05) is 33.8 Å². The zero-order chi connectivity index (χ0) is 31.0. The molecule has 1 atom stereocenters. The van der Waals surface area contributed by atoms with Crippen LogP contribution in [0, 0.1) is 23.2 Å². The van der Waals surface area contributed by atoms with Crippen molar-refractivity contribution in [3.05, 3.63) is 35.9 Å². The molecule has 0 amide bonds. The van der Waals surface area contributed by atoms with E-state index in [9.17, 15) is 4.79 Å². The summed E-state index contributed by atoms with van der Waals surface area (Å²) in [6.45, 7) is 28.8.